The van der Waals surface area contributed by atoms with Crippen molar-refractivity contribution >= 4 is 11.6 Å². The van der Waals surface area contributed by atoms with E-state index in [9.17, 15) is 14.7 Å². The van der Waals surface area contributed by atoms with Crippen LogP contribution in [0.4, 0.5) is 0 Å². The summed E-state index contributed by atoms with van der Waals surface area (Å²) in [5.41, 5.74) is -0.621. The van der Waals surface area contributed by atoms with Gasteiger partial charge in [0.15, 0.2) is 5.78 Å². The van der Waals surface area contributed by atoms with Crippen molar-refractivity contribution in [2.24, 2.45) is 11.8 Å². The minimum atomic E-state index is -0.621. The third-order valence-electron chi connectivity index (χ3n) is 5.51. The number of carbonyl (C=O) groups excluding carboxylic acids is 2. The number of carbonyl (C=O) groups is 2. The van der Waals surface area contributed by atoms with Gasteiger partial charge in [0.1, 0.15) is 12.4 Å². The normalized spacial score (nSPS) is 23.2. The van der Waals surface area contributed by atoms with Crippen LogP contribution in [-0.2, 0) is 9.59 Å². The predicted molar refractivity (Wildman–Crippen MR) is 105 cm³/mol. The molecular formula is C22H36O4. The van der Waals surface area contributed by atoms with E-state index in [1.807, 2.05) is 19.1 Å². The van der Waals surface area contributed by atoms with E-state index >= 15 is 0 Å². The number of hydrogen-bond donors (Lipinski definition) is 2. The molecule has 0 aliphatic heterocycles. The lowest BCUT2D eigenvalue weighted by Crippen LogP contribution is -2.26. The Morgan fingerprint density at radius 1 is 1.27 bits per heavy atom. The van der Waals surface area contributed by atoms with Gasteiger partial charge in [-0.1, -0.05) is 51.0 Å². The SMILES string of the molecule is CCCCC(O)(CC)CC=C[C@H]1CCC(=O)[C@@H]1CC=CCCC(=O)CO. The van der Waals surface area contributed by atoms with Gasteiger partial charge < -0.3 is 10.2 Å². The summed E-state index contributed by atoms with van der Waals surface area (Å²) in [6, 6.07) is 0. The molecule has 0 heterocycles. The highest BCUT2D eigenvalue weighted by Crippen LogP contribution is 2.33. The van der Waals surface area contributed by atoms with Gasteiger partial charge in [0.25, 0.3) is 0 Å². The predicted octanol–water partition coefficient (Wildman–Crippen LogP) is 4.15. The first kappa shape index (κ1) is 22.8. The molecular weight excluding hydrogens is 328 g/mol. The van der Waals surface area contributed by atoms with E-state index < -0.39 is 12.2 Å². The van der Waals surface area contributed by atoms with Crippen LogP contribution in [0, 0.1) is 11.8 Å². The quantitative estimate of drug-likeness (QED) is 0.482. The summed E-state index contributed by atoms with van der Waals surface area (Å²) in [5.74, 6) is 0.422. The molecule has 0 radical (unpaired) electrons. The molecule has 148 valence electrons. The molecule has 26 heavy (non-hydrogen) atoms. The number of hydrogen-bond acceptors (Lipinski definition) is 4. The summed E-state index contributed by atoms with van der Waals surface area (Å²) in [5, 5.41) is 19.3. The number of aliphatic hydroxyl groups is 2. The molecule has 1 unspecified atom stereocenters. The number of Topliss-reactive ketones (excluding diaryl/α,β-unsaturated/α-hetero) is 2. The Morgan fingerprint density at radius 3 is 2.69 bits per heavy atom. The zero-order valence-electron chi connectivity index (χ0n) is 16.5. The highest BCUT2D eigenvalue weighted by molar-refractivity contribution is 5.84. The fraction of sp³-hybridized carbons (Fsp3) is 0.727. The molecule has 0 aromatic heterocycles. The fourth-order valence-electron chi connectivity index (χ4n) is 3.55. The molecule has 0 aromatic carbocycles. The molecule has 1 aliphatic rings. The molecule has 2 N–H and O–H groups in total. The van der Waals surface area contributed by atoms with Crippen molar-refractivity contribution in [1.29, 1.82) is 0 Å². The lowest BCUT2D eigenvalue weighted by molar-refractivity contribution is -0.122. The molecule has 3 atom stereocenters. The van der Waals surface area contributed by atoms with Gasteiger partial charge >= 0.3 is 0 Å². The maximum absolute atomic E-state index is 12.2. The summed E-state index contributed by atoms with van der Waals surface area (Å²) < 4.78 is 0. The van der Waals surface area contributed by atoms with E-state index in [1.54, 1.807) is 0 Å². The first-order chi connectivity index (χ1) is 12.5. The van der Waals surface area contributed by atoms with Gasteiger partial charge in [-0.25, -0.2) is 0 Å². The largest absolute Gasteiger partial charge is 0.390 e. The van der Waals surface area contributed by atoms with E-state index in [1.165, 1.54) is 0 Å². The van der Waals surface area contributed by atoms with Crippen molar-refractivity contribution < 1.29 is 19.8 Å². The van der Waals surface area contributed by atoms with E-state index in [0.29, 0.717) is 37.9 Å². The minimum Gasteiger partial charge on any atom is -0.390 e. The third-order valence-corrected chi connectivity index (χ3v) is 5.51. The van der Waals surface area contributed by atoms with Crippen LogP contribution in [0.1, 0.15) is 78.1 Å². The second-order valence-electron chi connectivity index (χ2n) is 7.53. The second kappa shape index (κ2) is 12.2. The molecule has 0 spiro atoms. The fourth-order valence-corrected chi connectivity index (χ4v) is 3.55. The van der Waals surface area contributed by atoms with Crippen LogP contribution in [0.15, 0.2) is 24.3 Å². The summed E-state index contributed by atoms with van der Waals surface area (Å²) >= 11 is 0. The molecule has 1 fully saturated rings. The number of rotatable bonds is 13. The van der Waals surface area contributed by atoms with Gasteiger partial charge in [0, 0.05) is 18.8 Å². The van der Waals surface area contributed by atoms with Gasteiger partial charge in [-0.3, -0.25) is 9.59 Å². The van der Waals surface area contributed by atoms with E-state index in [2.05, 4.69) is 19.1 Å². The van der Waals surface area contributed by atoms with Gasteiger partial charge in [-0.2, -0.15) is 0 Å². The Balaban J connectivity index is 2.50. The average molecular weight is 365 g/mol. The van der Waals surface area contributed by atoms with Crippen LogP contribution in [0.3, 0.4) is 0 Å². The van der Waals surface area contributed by atoms with Crippen LogP contribution in [0.25, 0.3) is 0 Å². The second-order valence-corrected chi connectivity index (χ2v) is 7.53. The van der Waals surface area contributed by atoms with Crippen molar-refractivity contribution in [3.63, 3.8) is 0 Å². The highest BCUT2D eigenvalue weighted by Gasteiger charge is 2.32. The Labute approximate surface area is 158 Å². The minimum absolute atomic E-state index is 0.0152. The van der Waals surface area contributed by atoms with Crippen LogP contribution < -0.4 is 0 Å². The molecule has 1 aliphatic carbocycles. The standard InChI is InChI=1S/C22H36O4/c1-3-5-15-22(26,4-2)16-9-10-18-13-14-21(25)20(18)12-8-6-7-11-19(24)17-23/h6,8-10,18,20,23,26H,3-5,7,11-17H2,1-2H3/t18-,20+,22?/m0/s1. The average Bonchev–Trinajstić information content (AvgIpc) is 2.99. The highest BCUT2D eigenvalue weighted by atomic mass is 16.3. The zero-order chi connectivity index (χ0) is 19.4. The molecule has 1 saturated carbocycles. The Morgan fingerprint density at radius 2 is 2.04 bits per heavy atom. The van der Waals surface area contributed by atoms with Crippen molar-refractivity contribution in [2.75, 3.05) is 6.61 Å². The monoisotopic (exact) mass is 364 g/mol. The molecule has 1 rings (SSSR count). The van der Waals surface area contributed by atoms with Crippen LogP contribution in [0.5, 0.6) is 0 Å². The number of unbranched alkanes of at least 4 members (excludes halogenated alkanes) is 1. The van der Waals surface area contributed by atoms with E-state index in [4.69, 9.17) is 5.11 Å². The molecule has 0 bridgehead atoms. The summed E-state index contributed by atoms with van der Waals surface area (Å²) in [6.07, 6.45) is 15.6. The van der Waals surface area contributed by atoms with Crippen molar-refractivity contribution in [2.45, 2.75) is 83.7 Å². The molecule has 0 aromatic rings. The van der Waals surface area contributed by atoms with E-state index in [0.717, 1.165) is 32.1 Å². The van der Waals surface area contributed by atoms with Crippen molar-refractivity contribution in [3.8, 4) is 0 Å². The van der Waals surface area contributed by atoms with Gasteiger partial charge in [0.2, 0.25) is 0 Å². The van der Waals surface area contributed by atoms with E-state index in [-0.39, 0.29) is 17.6 Å². The topological polar surface area (TPSA) is 74.6 Å². The first-order valence-electron chi connectivity index (χ1n) is 10.1. The van der Waals surface area contributed by atoms with Crippen LogP contribution >= 0.6 is 0 Å². The Bertz CT molecular complexity index is 494. The van der Waals surface area contributed by atoms with Gasteiger partial charge in [-0.05, 0) is 44.4 Å². The number of ketones is 2. The summed E-state index contributed by atoms with van der Waals surface area (Å²) in [6.45, 7) is 3.76. The third kappa shape index (κ3) is 7.96. The molecule has 4 nitrogen and oxygen atoms in total. The number of allylic oxidation sites excluding steroid dienone is 3. The first-order valence-corrected chi connectivity index (χ1v) is 10.1. The van der Waals surface area contributed by atoms with Crippen LogP contribution in [-0.4, -0.2) is 34.0 Å². The molecule has 4 heteroatoms. The van der Waals surface area contributed by atoms with Gasteiger partial charge in [0.05, 0.1) is 5.60 Å². The summed E-state index contributed by atoms with van der Waals surface area (Å²) in [4.78, 5) is 23.2. The van der Waals surface area contributed by atoms with Gasteiger partial charge in [-0.15, -0.1) is 0 Å². The number of aliphatic hydroxyl groups excluding tert-OH is 1. The lowest BCUT2D eigenvalue weighted by atomic mass is 9.88. The molecule has 0 saturated heterocycles. The van der Waals surface area contributed by atoms with Crippen molar-refractivity contribution in [1.82, 2.24) is 0 Å². The lowest BCUT2D eigenvalue weighted by Gasteiger charge is -2.25. The maximum Gasteiger partial charge on any atom is 0.158 e. The Kier molecular flexibility index (Phi) is 10.7. The molecule has 0 amide bonds. The Hall–Kier alpha value is -1.26. The smallest absolute Gasteiger partial charge is 0.158 e. The maximum atomic E-state index is 12.2. The summed E-state index contributed by atoms with van der Waals surface area (Å²) in [7, 11) is 0. The zero-order valence-corrected chi connectivity index (χ0v) is 16.5. The van der Waals surface area contributed by atoms with Crippen molar-refractivity contribution in [3.05, 3.63) is 24.3 Å². The van der Waals surface area contributed by atoms with Crippen LogP contribution in [0.2, 0.25) is 0 Å².